The lowest BCUT2D eigenvalue weighted by molar-refractivity contribution is 0.598. The molecule has 2 nitrogen and oxygen atoms in total. The van der Waals surface area contributed by atoms with Crippen molar-refractivity contribution in [2.45, 2.75) is 0 Å². The standard InChI is InChI=1S/2C32H22OS/c2*1-3-7-23(8-4-1)25-11-15-27(16-12-25)29-19-20-30(33-29)32-22-21-31(34-32)28-17-13-26(14-18-28)24-9-5-2-6-10-24/h2*1-22H. The van der Waals surface area contributed by atoms with Crippen molar-refractivity contribution in [1.82, 2.24) is 0 Å². The third kappa shape index (κ3) is 9.51. The highest BCUT2D eigenvalue weighted by atomic mass is 32.1. The molecule has 0 bridgehead atoms. The average molecular weight is 909 g/mol. The summed E-state index contributed by atoms with van der Waals surface area (Å²) in [6.07, 6.45) is 0. The summed E-state index contributed by atoms with van der Waals surface area (Å²) in [7, 11) is 0. The Labute approximate surface area is 405 Å². The van der Waals surface area contributed by atoms with E-state index in [1.165, 1.54) is 65.4 Å². The lowest BCUT2D eigenvalue weighted by Gasteiger charge is -2.03. The molecule has 0 radical (unpaired) electrons. The highest BCUT2D eigenvalue weighted by Crippen LogP contribution is 2.40. The Morgan fingerprint density at radius 3 is 0.676 bits per heavy atom. The van der Waals surface area contributed by atoms with E-state index < -0.39 is 0 Å². The monoisotopic (exact) mass is 908 g/mol. The van der Waals surface area contributed by atoms with Gasteiger partial charge in [-0.1, -0.05) is 218 Å². The van der Waals surface area contributed by atoms with Gasteiger partial charge < -0.3 is 8.83 Å². The molecule has 0 N–H and O–H groups in total. The minimum absolute atomic E-state index is 0.886. The van der Waals surface area contributed by atoms with Gasteiger partial charge in [-0.3, -0.25) is 0 Å². The van der Waals surface area contributed by atoms with E-state index >= 15 is 0 Å². The maximum atomic E-state index is 6.24. The van der Waals surface area contributed by atoms with E-state index in [-0.39, 0.29) is 0 Å². The smallest absolute Gasteiger partial charge is 0.144 e. The van der Waals surface area contributed by atoms with Gasteiger partial charge >= 0.3 is 0 Å². The zero-order valence-corrected chi connectivity index (χ0v) is 38.7. The molecule has 0 aliphatic rings. The van der Waals surface area contributed by atoms with Gasteiger partial charge in [-0.2, -0.15) is 0 Å². The van der Waals surface area contributed by atoms with Gasteiger partial charge in [0.1, 0.15) is 23.0 Å². The van der Waals surface area contributed by atoms with Gasteiger partial charge in [-0.15, -0.1) is 22.7 Å². The summed E-state index contributed by atoms with van der Waals surface area (Å²) >= 11 is 3.51. The largest absolute Gasteiger partial charge is 0.455 e. The Morgan fingerprint density at radius 1 is 0.162 bits per heavy atom. The van der Waals surface area contributed by atoms with Crippen LogP contribution in [0.3, 0.4) is 0 Å². The lowest BCUT2D eigenvalue weighted by atomic mass is 10.0. The molecule has 8 aromatic carbocycles. The van der Waals surface area contributed by atoms with Gasteiger partial charge in [0.15, 0.2) is 0 Å². The summed E-state index contributed by atoms with van der Waals surface area (Å²) in [6.45, 7) is 0. The number of hydrogen-bond acceptors (Lipinski definition) is 4. The summed E-state index contributed by atoms with van der Waals surface area (Å²) in [6, 6.07) is 93.3. The van der Waals surface area contributed by atoms with Crippen LogP contribution in [0.5, 0.6) is 0 Å². The van der Waals surface area contributed by atoms with Gasteiger partial charge in [0.25, 0.3) is 0 Å². The number of rotatable bonds is 10. The highest BCUT2D eigenvalue weighted by molar-refractivity contribution is 7.19. The molecule has 0 unspecified atom stereocenters. The number of hydrogen-bond donors (Lipinski definition) is 0. The molecule has 0 amide bonds. The number of benzene rings is 8. The maximum Gasteiger partial charge on any atom is 0.144 e. The van der Waals surface area contributed by atoms with Crippen LogP contribution < -0.4 is 0 Å². The maximum absolute atomic E-state index is 6.24. The second kappa shape index (κ2) is 19.7. The molecule has 12 rings (SSSR count). The summed E-state index contributed by atoms with van der Waals surface area (Å²) < 4.78 is 12.5. The molecular weight excluding hydrogens is 865 g/mol. The minimum atomic E-state index is 0.886. The fourth-order valence-corrected chi connectivity index (χ4v) is 10.3. The van der Waals surface area contributed by atoms with Crippen LogP contribution in [-0.4, -0.2) is 0 Å². The fourth-order valence-electron chi connectivity index (χ4n) is 8.33. The quantitative estimate of drug-likeness (QED) is 0.137. The third-order valence-corrected chi connectivity index (χ3v) is 14.3. The molecule has 0 fully saturated rings. The van der Waals surface area contributed by atoms with Crippen LogP contribution in [0.15, 0.2) is 276 Å². The molecule has 0 spiro atoms. The molecule has 0 aliphatic carbocycles. The van der Waals surface area contributed by atoms with E-state index in [9.17, 15) is 0 Å². The minimum Gasteiger partial charge on any atom is -0.455 e. The topological polar surface area (TPSA) is 26.3 Å². The lowest BCUT2D eigenvalue weighted by Crippen LogP contribution is -1.78. The van der Waals surface area contributed by atoms with E-state index in [1.54, 1.807) is 22.7 Å². The molecule has 4 heterocycles. The van der Waals surface area contributed by atoms with Crippen LogP contribution in [0.1, 0.15) is 0 Å². The Balaban J connectivity index is 0.000000149. The number of furan rings is 2. The zero-order chi connectivity index (χ0) is 45.5. The van der Waals surface area contributed by atoms with Crippen molar-refractivity contribution in [3.8, 4) is 109 Å². The predicted octanol–water partition coefficient (Wildman–Crippen LogP) is 19.4. The van der Waals surface area contributed by atoms with E-state index in [2.05, 4.69) is 243 Å². The van der Waals surface area contributed by atoms with Crippen LogP contribution >= 0.6 is 22.7 Å². The van der Waals surface area contributed by atoms with Crippen molar-refractivity contribution in [3.63, 3.8) is 0 Å². The van der Waals surface area contributed by atoms with Gasteiger partial charge in [-0.05, 0) is 104 Å². The van der Waals surface area contributed by atoms with Gasteiger partial charge in [0.05, 0.1) is 9.75 Å². The SMILES string of the molecule is c1ccc(-c2ccc(-c3ccc(-c4ccc(-c5ccc(-c6ccccc6)cc5)s4)o3)cc2)cc1.c1ccc(-c2ccc(-c3ccc(-c4ccc(-c5ccc(-c6ccccc6)cc5)s4)o3)cc2)cc1. The van der Waals surface area contributed by atoms with E-state index in [0.717, 1.165) is 43.9 Å². The molecular formula is C64H44O2S2. The van der Waals surface area contributed by atoms with E-state index in [1.807, 2.05) is 24.3 Å². The molecule has 4 aromatic heterocycles. The molecule has 68 heavy (non-hydrogen) atoms. The van der Waals surface area contributed by atoms with Crippen molar-refractivity contribution in [3.05, 3.63) is 267 Å². The molecule has 0 saturated heterocycles. The second-order valence-electron chi connectivity index (χ2n) is 16.4. The average Bonchev–Trinajstić information content (AvgIpc) is 4.29. The molecule has 324 valence electrons. The summed E-state index contributed by atoms with van der Waals surface area (Å²) in [5.41, 5.74) is 14.4. The summed E-state index contributed by atoms with van der Waals surface area (Å²) in [4.78, 5) is 4.74. The normalized spacial score (nSPS) is 10.9. The Morgan fingerprint density at radius 2 is 0.382 bits per heavy atom. The first-order valence-corrected chi connectivity index (χ1v) is 24.3. The second-order valence-corrected chi connectivity index (χ2v) is 18.6. The van der Waals surface area contributed by atoms with Crippen LogP contribution in [0, 0.1) is 0 Å². The zero-order valence-electron chi connectivity index (χ0n) is 37.0. The highest BCUT2D eigenvalue weighted by Gasteiger charge is 2.13. The van der Waals surface area contributed by atoms with Crippen LogP contribution in [0.4, 0.5) is 0 Å². The molecule has 0 aliphatic heterocycles. The first kappa shape index (κ1) is 42.4. The molecule has 0 atom stereocenters. The van der Waals surface area contributed by atoms with Crippen molar-refractivity contribution in [2.24, 2.45) is 0 Å². The third-order valence-electron chi connectivity index (χ3n) is 12.0. The summed E-state index contributed by atoms with van der Waals surface area (Å²) in [5.74, 6) is 3.58. The Bertz CT molecular complexity index is 3010. The Hall–Kier alpha value is -8.28. The van der Waals surface area contributed by atoms with Crippen LogP contribution in [0.25, 0.3) is 109 Å². The van der Waals surface area contributed by atoms with Gasteiger partial charge in [-0.25, -0.2) is 0 Å². The molecule has 12 aromatic rings. The van der Waals surface area contributed by atoms with Crippen molar-refractivity contribution >= 4 is 22.7 Å². The van der Waals surface area contributed by atoms with Crippen molar-refractivity contribution in [2.75, 3.05) is 0 Å². The van der Waals surface area contributed by atoms with Crippen LogP contribution in [-0.2, 0) is 0 Å². The van der Waals surface area contributed by atoms with Crippen molar-refractivity contribution < 1.29 is 8.83 Å². The van der Waals surface area contributed by atoms with Gasteiger partial charge in [0, 0.05) is 20.9 Å². The molecule has 4 heteroatoms. The number of thiophene rings is 2. The van der Waals surface area contributed by atoms with Crippen LogP contribution in [0.2, 0.25) is 0 Å². The first-order chi connectivity index (χ1) is 33.7. The first-order valence-electron chi connectivity index (χ1n) is 22.7. The predicted molar refractivity (Wildman–Crippen MR) is 288 cm³/mol. The van der Waals surface area contributed by atoms with Gasteiger partial charge in [0.2, 0.25) is 0 Å². The van der Waals surface area contributed by atoms with E-state index in [0.29, 0.717) is 0 Å². The van der Waals surface area contributed by atoms with E-state index in [4.69, 9.17) is 8.83 Å². The molecule has 0 saturated carbocycles. The van der Waals surface area contributed by atoms with Crippen molar-refractivity contribution in [1.29, 1.82) is 0 Å². The fraction of sp³-hybridized carbons (Fsp3) is 0. The Kier molecular flexibility index (Phi) is 12.3. The summed E-state index contributed by atoms with van der Waals surface area (Å²) in [5, 5.41) is 0.